The van der Waals surface area contributed by atoms with E-state index in [0.717, 1.165) is 19.4 Å². The first kappa shape index (κ1) is 11.0. The molecule has 3 aromatic rings. The van der Waals surface area contributed by atoms with Crippen molar-refractivity contribution in [2.45, 2.75) is 0 Å². The lowest BCUT2D eigenvalue weighted by Gasteiger charge is -2.29. The van der Waals surface area contributed by atoms with Gasteiger partial charge in [-0.3, -0.25) is 0 Å². The highest BCUT2D eigenvalue weighted by Crippen LogP contribution is 2.16. The maximum atomic E-state index is 2.50. The number of benzene rings is 3. The minimum absolute atomic E-state index is 0.732. The number of anilines is 1. The van der Waals surface area contributed by atoms with Crippen molar-refractivity contribution in [3.63, 3.8) is 0 Å². The number of para-hydroxylation sites is 1. The fourth-order valence-corrected chi connectivity index (χ4v) is 5.73. The lowest BCUT2D eigenvalue weighted by atomic mass is 10.1. The number of nitrogens with zero attached hydrogens (tertiary/aromatic N) is 1. The van der Waals surface area contributed by atoms with E-state index in [1.54, 1.807) is 0 Å². The van der Waals surface area contributed by atoms with Crippen LogP contribution in [0, 0.1) is 0 Å². The zero-order chi connectivity index (χ0) is 12.7. The molecule has 0 saturated heterocycles. The van der Waals surface area contributed by atoms with Crippen molar-refractivity contribution in [2.24, 2.45) is 0 Å². The van der Waals surface area contributed by atoms with Crippen LogP contribution in [0.2, 0.25) is 0 Å². The van der Waals surface area contributed by atoms with Crippen LogP contribution in [0.5, 0.6) is 0 Å². The zero-order valence-corrected chi connectivity index (χ0v) is 12.3. The Morgan fingerprint density at radius 1 is 0.632 bits per heavy atom. The highest BCUT2D eigenvalue weighted by Gasteiger charge is 2.20. The van der Waals surface area contributed by atoms with Crippen LogP contribution in [0.1, 0.15) is 0 Å². The normalized spacial score (nSPS) is 13.8. The molecule has 0 N–H and O–H groups in total. The zero-order valence-electron chi connectivity index (χ0n) is 10.3. The fraction of sp³-hybridized carbons (Fsp3) is 0. The molecular formula is C16H11NSi2. The molecule has 0 aromatic heterocycles. The molecule has 0 saturated carbocycles. The summed E-state index contributed by atoms with van der Waals surface area (Å²) >= 11 is 0. The lowest BCUT2D eigenvalue weighted by molar-refractivity contribution is 1.54. The van der Waals surface area contributed by atoms with E-state index in [4.69, 9.17) is 0 Å². The van der Waals surface area contributed by atoms with E-state index in [2.05, 4.69) is 71.0 Å². The predicted molar refractivity (Wildman–Crippen MR) is 83.6 cm³/mol. The molecule has 3 aromatic carbocycles. The second-order valence-electron chi connectivity index (χ2n) is 4.60. The minimum Gasteiger partial charge on any atom is -0.419 e. The van der Waals surface area contributed by atoms with Crippen LogP contribution in [0.15, 0.2) is 66.7 Å². The van der Waals surface area contributed by atoms with Crippen molar-refractivity contribution < 1.29 is 0 Å². The maximum absolute atomic E-state index is 2.50. The standard InChI is InChI=1S/C16H11NSi2/c1-2-8-13(9-3-1)17-18-14-10-4-6-12-7-5-11-15(19-17)16(12)14/h1-11H. The third kappa shape index (κ3) is 1.82. The first-order valence-electron chi connectivity index (χ1n) is 6.32. The van der Waals surface area contributed by atoms with Gasteiger partial charge < -0.3 is 4.23 Å². The maximum Gasteiger partial charge on any atom is 0.213 e. The topological polar surface area (TPSA) is 3.24 Å². The average Bonchev–Trinajstić information content (AvgIpc) is 2.49. The van der Waals surface area contributed by atoms with E-state index in [-0.39, 0.29) is 0 Å². The Morgan fingerprint density at radius 2 is 1.26 bits per heavy atom. The number of rotatable bonds is 1. The van der Waals surface area contributed by atoms with Gasteiger partial charge in [0.1, 0.15) is 0 Å². The van der Waals surface area contributed by atoms with Crippen LogP contribution >= 0.6 is 0 Å². The Bertz CT molecular complexity index is 699. The van der Waals surface area contributed by atoms with Gasteiger partial charge in [0.15, 0.2) is 0 Å². The summed E-state index contributed by atoms with van der Waals surface area (Å²) in [6.45, 7) is 0. The van der Waals surface area contributed by atoms with Crippen molar-refractivity contribution in [1.29, 1.82) is 0 Å². The predicted octanol–water partition coefficient (Wildman–Crippen LogP) is 1.85. The van der Waals surface area contributed by atoms with Gasteiger partial charge in [-0.05, 0) is 33.3 Å². The van der Waals surface area contributed by atoms with Gasteiger partial charge in [-0.15, -0.1) is 0 Å². The molecule has 4 rings (SSSR count). The highest BCUT2D eigenvalue weighted by atomic mass is 28.3. The molecule has 1 aliphatic heterocycles. The number of hydrogen-bond donors (Lipinski definition) is 0. The van der Waals surface area contributed by atoms with Crippen molar-refractivity contribution in [1.82, 2.24) is 0 Å². The van der Waals surface area contributed by atoms with Gasteiger partial charge in [-0.1, -0.05) is 54.6 Å². The molecule has 0 atom stereocenters. The third-order valence-electron chi connectivity index (χ3n) is 3.38. The summed E-state index contributed by atoms with van der Waals surface area (Å²) < 4.78 is 2.50. The summed E-state index contributed by atoms with van der Waals surface area (Å²) in [4.78, 5) is 0. The van der Waals surface area contributed by atoms with E-state index < -0.39 is 0 Å². The second kappa shape index (κ2) is 4.36. The molecule has 0 aliphatic carbocycles. The molecule has 4 radical (unpaired) electrons. The molecule has 0 bridgehead atoms. The van der Waals surface area contributed by atoms with E-state index in [1.807, 2.05) is 0 Å². The molecule has 1 heterocycles. The van der Waals surface area contributed by atoms with Crippen molar-refractivity contribution in [3.05, 3.63) is 66.7 Å². The Balaban J connectivity index is 1.85. The van der Waals surface area contributed by atoms with Gasteiger partial charge in [0.2, 0.25) is 19.4 Å². The van der Waals surface area contributed by atoms with E-state index in [9.17, 15) is 0 Å². The van der Waals surface area contributed by atoms with Crippen LogP contribution < -0.4 is 14.6 Å². The van der Waals surface area contributed by atoms with Gasteiger partial charge in [0, 0.05) is 5.69 Å². The van der Waals surface area contributed by atoms with Gasteiger partial charge in [-0.25, -0.2) is 0 Å². The first-order valence-corrected chi connectivity index (χ1v) is 8.21. The molecule has 1 nitrogen and oxygen atoms in total. The number of hydrogen-bond acceptors (Lipinski definition) is 1. The van der Waals surface area contributed by atoms with Crippen LogP contribution in [0.25, 0.3) is 10.8 Å². The molecule has 88 valence electrons. The van der Waals surface area contributed by atoms with Crippen LogP contribution in [-0.2, 0) is 0 Å². The summed E-state index contributed by atoms with van der Waals surface area (Å²) in [7, 11) is 1.46. The first-order chi connectivity index (χ1) is 9.42. The smallest absolute Gasteiger partial charge is 0.213 e. The summed E-state index contributed by atoms with van der Waals surface area (Å²) in [5.74, 6) is 0. The van der Waals surface area contributed by atoms with E-state index in [0.29, 0.717) is 0 Å². The summed E-state index contributed by atoms with van der Waals surface area (Å²) in [6.07, 6.45) is 0. The van der Waals surface area contributed by atoms with Gasteiger partial charge in [0.25, 0.3) is 0 Å². The van der Waals surface area contributed by atoms with E-state index in [1.165, 1.54) is 26.8 Å². The van der Waals surface area contributed by atoms with Crippen molar-refractivity contribution >= 4 is 46.2 Å². The molecular weight excluding hydrogens is 262 g/mol. The Hall–Kier alpha value is -1.85. The molecule has 3 heteroatoms. The van der Waals surface area contributed by atoms with Gasteiger partial charge in [-0.2, -0.15) is 0 Å². The summed E-state index contributed by atoms with van der Waals surface area (Å²) in [5, 5.41) is 5.79. The lowest BCUT2D eigenvalue weighted by Crippen LogP contribution is -2.50. The van der Waals surface area contributed by atoms with Gasteiger partial charge in [0.05, 0.1) is 0 Å². The van der Waals surface area contributed by atoms with Gasteiger partial charge >= 0.3 is 0 Å². The minimum atomic E-state index is 0.732. The fourth-order valence-electron chi connectivity index (χ4n) is 2.50. The molecule has 0 spiro atoms. The Morgan fingerprint density at radius 3 is 1.89 bits per heavy atom. The second-order valence-corrected chi connectivity index (χ2v) is 7.47. The van der Waals surface area contributed by atoms with Crippen molar-refractivity contribution in [2.75, 3.05) is 4.23 Å². The quantitative estimate of drug-likeness (QED) is 0.612. The molecule has 0 unspecified atom stereocenters. The van der Waals surface area contributed by atoms with Crippen molar-refractivity contribution in [3.8, 4) is 0 Å². The molecule has 0 fully saturated rings. The molecule has 19 heavy (non-hydrogen) atoms. The highest BCUT2D eigenvalue weighted by molar-refractivity contribution is 6.83. The van der Waals surface area contributed by atoms with Crippen LogP contribution in [-0.4, -0.2) is 19.4 Å². The average molecular weight is 273 g/mol. The summed E-state index contributed by atoms with van der Waals surface area (Å²) in [5.41, 5.74) is 1.32. The Kier molecular flexibility index (Phi) is 2.53. The van der Waals surface area contributed by atoms with E-state index >= 15 is 0 Å². The van der Waals surface area contributed by atoms with Crippen LogP contribution in [0.3, 0.4) is 0 Å². The monoisotopic (exact) mass is 273 g/mol. The molecule has 1 aliphatic rings. The largest absolute Gasteiger partial charge is 0.419 e. The third-order valence-corrected chi connectivity index (χ3v) is 6.33. The van der Waals surface area contributed by atoms with Crippen LogP contribution in [0.4, 0.5) is 5.69 Å². The summed E-state index contributed by atoms with van der Waals surface area (Å²) in [6, 6.07) is 24.0. The SMILES string of the molecule is c1ccc(N2[Si]c3cccc4cccc(c34)[Si]2)cc1. The molecule has 0 amide bonds. The Labute approximate surface area is 117 Å².